The second-order valence-corrected chi connectivity index (χ2v) is 10.8. The Morgan fingerprint density at radius 3 is 2.77 bits per heavy atom. The molecule has 0 aliphatic rings. The van der Waals surface area contributed by atoms with E-state index in [1.54, 1.807) is 28.1 Å². The van der Waals surface area contributed by atoms with Gasteiger partial charge in [0.1, 0.15) is 16.4 Å². The predicted molar refractivity (Wildman–Crippen MR) is 146 cm³/mol. The molecule has 0 fully saturated rings. The minimum absolute atomic E-state index is 0.133. The van der Waals surface area contributed by atoms with Crippen LogP contribution in [0, 0.1) is 0 Å². The number of hydrogen-bond acceptors (Lipinski definition) is 10. The summed E-state index contributed by atoms with van der Waals surface area (Å²) in [5.41, 5.74) is 10.9. The van der Waals surface area contributed by atoms with Crippen LogP contribution in [-0.4, -0.2) is 53.6 Å². The van der Waals surface area contributed by atoms with Gasteiger partial charge in [0, 0.05) is 36.8 Å². The van der Waals surface area contributed by atoms with Gasteiger partial charge in [0.2, 0.25) is 0 Å². The predicted octanol–water partition coefficient (Wildman–Crippen LogP) is 3.66. The van der Waals surface area contributed by atoms with Gasteiger partial charge in [-0.05, 0) is 56.6 Å². The molecular formula is C24H31N7OS3. The zero-order valence-corrected chi connectivity index (χ0v) is 22.0. The first kappa shape index (κ1) is 25.8. The summed E-state index contributed by atoms with van der Waals surface area (Å²) in [5, 5.41) is 15.4. The maximum atomic E-state index is 12.4. The fourth-order valence-electron chi connectivity index (χ4n) is 3.49. The van der Waals surface area contributed by atoms with Crippen molar-refractivity contribution in [3.05, 3.63) is 50.7 Å². The van der Waals surface area contributed by atoms with Gasteiger partial charge in [-0.25, -0.2) is 15.0 Å². The molecule has 1 amide bonds. The highest BCUT2D eigenvalue weighted by Gasteiger charge is 2.13. The summed E-state index contributed by atoms with van der Waals surface area (Å²) in [7, 11) is 0. The number of nitrogens with zero attached hydrogens (tertiary/aromatic N) is 3. The first-order valence-corrected chi connectivity index (χ1v) is 14.5. The van der Waals surface area contributed by atoms with Crippen LogP contribution < -0.4 is 21.7 Å². The fourth-order valence-corrected chi connectivity index (χ4v) is 5.76. The smallest absolute Gasteiger partial charge is 0.270 e. The quantitative estimate of drug-likeness (QED) is 0.174. The monoisotopic (exact) mass is 529 g/mol. The molecule has 4 rings (SSSR count). The van der Waals surface area contributed by atoms with Gasteiger partial charge >= 0.3 is 0 Å². The van der Waals surface area contributed by atoms with Gasteiger partial charge in [0.05, 0.1) is 20.7 Å². The molecule has 0 bridgehead atoms. The van der Waals surface area contributed by atoms with E-state index in [4.69, 9.17) is 10.7 Å². The number of rotatable bonds is 15. The minimum Gasteiger partial charge on any atom is -0.351 e. The Morgan fingerprint density at radius 1 is 0.943 bits per heavy atom. The average Bonchev–Trinajstić information content (AvgIpc) is 3.63. The Hall–Kier alpha value is -2.28. The van der Waals surface area contributed by atoms with Crippen LogP contribution in [0.3, 0.4) is 0 Å². The molecule has 11 heteroatoms. The van der Waals surface area contributed by atoms with E-state index in [-0.39, 0.29) is 5.91 Å². The van der Waals surface area contributed by atoms with Crippen molar-refractivity contribution in [2.75, 3.05) is 32.7 Å². The highest BCUT2D eigenvalue weighted by Crippen LogP contribution is 2.25. The molecule has 1 aromatic carbocycles. The number of benzene rings is 1. The molecule has 0 aliphatic carbocycles. The van der Waals surface area contributed by atoms with E-state index in [1.165, 1.54) is 21.6 Å². The van der Waals surface area contributed by atoms with Crippen molar-refractivity contribution < 1.29 is 4.79 Å². The Morgan fingerprint density at radius 2 is 1.86 bits per heavy atom. The second-order valence-electron chi connectivity index (χ2n) is 8.10. The van der Waals surface area contributed by atoms with Crippen LogP contribution in [0.15, 0.2) is 34.5 Å². The number of unbranched alkanes of at least 4 members (excludes halogenated alkanes) is 1. The van der Waals surface area contributed by atoms with Crippen LogP contribution in [0.2, 0.25) is 0 Å². The molecule has 8 nitrogen and oxygen atoms in total. The lowest BCUT2D eigenvalue weighted by Crippen LogP contribution is -2.28. The summed E-state index contributed by atoms with van der Waals surface area (Å²) in [6, 6.07) is 6.41. The lowest BCUT2D eigenvalue weighted by molar-refractivity contribution is 0.0949. The van der Waals surface area contributed by atoms with E-state index < -0.39 is 0 Å². The largest absolute Gasteiger partial charge is 0.351 e. The minimum atomic E-state index is -0.133. The molecule has 0 aliphatic heterocycles. The molecule has 0 spiro atoms. The molecule has 0 unspecified atom stereocenters. The Bertz CT molecular complexity index is 1200. The van der Waals surface area contributed by atoms with Crippen molar-refractivity contribution in [1.29, 1.82) is 0 Å². The van der Waals surface area contributed by atoms with E-state index in [0.717, 1.165) is 79.6 Å². The molecule has 0 saturated heterocycles. The SMILES string of the molecule is NCCCCNCCCNC(=O)c1csc(-c2csc(CCNCc3ccc4scnc4c3)n2)n1. The summed E-state index contributed by atoms with van der Waals surface area (Å²) in [6.07, 6.45) is 3.86. The molecule has 3 aromatic heterocycles. The van der Waals surface area contributed by atoms with Crippen LogP contribution in [0.4, 0.5) is 0 Å². The molecule has 5 N–H and O–H groups in total. The van der Waals surface area contributed by atoms with Crippen LogP contribution in [0.25, 0.3) is 20.9 Å². The zero-order chi connectivity index (χ0) is 24.3. The van der Waals surface area contributed by atoms with Gasteiger partial charge < -0.3 is 21.7 Å². The van der Waals surface area contributed by atoms with Crippen LogP contribution >= 0.6 is 34.0 Å². The molecule has 4 aromatic rings. The molecule has 0 radical (unpaired) electrons. The second kappa shape index (κ2) is 13.7. The summed E-state index contributed by atoms with van der Waals surface area (Å²) in [4.78, 5) is 26.0. The number of amides is 1. The molecular weight excluding hydrogens is 499 g/mol. The summed E-state index contributed by atoms with van der Waals surface area (Å²) >= 11 is 4.75. The molecule has 35 heavy (non-hydrogen) atoms. The lowest BCUT2D eigenvalue weighted by atomic mass is 10.2. The van der Waals surface area contributed by atoms with Crippen LogP contribution in [-0.2, 0) is 13.0 Å². The first-order chi connectivity index (χ1) is 17.2. The maximum Gasteiger partial charge on any atom is 0.270 e. The van der Waals surface area contributed by atoms with Crippen molar-refractivity contribution >= 4 is 50.1 Å². The molecule has 3 heterocycles. The van der Waals surface area contributed by atoms with E-state index in [1.807, 2.05) is 10.9 Å². The van der Waals surface area contributed by atoms with Crippen LogP contribution in [0.1, 0.15) is 40.3 Å². The summed E-state index contributed by atoms with van der Waals surface area (Å²) in [6.45, 7) is 4.86. The number of carbonyl (C=O) groups is 1. The van der Waals surface area contributed by atoms with Crippen molar-refractivity contribution in [3.8, 4) is 10.7 Å². The third kappa shape index (κ3) is 7.86. The van der Waals surface area contributed by atoms with Gasteiger partial charge in [-0.2, -0.15) is 0 Å². The number of nitrogens with two attached hydrogens (primary N) is 1. The maximum absolute atomic E-state index is 12.4. The third-order valence-corrected chi connectivity index (χ3v) is 7.95. The van der Waals surface area contributed by atoms with Gasteiger partial charge in [0.25, 0.3) is 5.91 Å². The third-order valence-electron chi connectivity index (χ3n) is 5.37. The fraction of sp³-hybridized carbons (Fsp3) is 0.417. The van der Waals surface area contributed by atoms with Gasteiger partial charge in [0.15, 0.2) is 0 Å². The highest BCUT2D eigenvalue weighted by atomic mass is 32.1. The number of nitrogens with one attached hydrogen (secondary N) is 3. The first-order valence-electron chi connectivity index (χ1n) is 11.8. The number of carbonyl (C=O) groups excluding carboxylic acids is 1. The molecule has 186 valence electrons. The molecule has 0 atom stereocenters. The average molecular weight is 530 g/mol. The number of thiazole rings is 3. The van der Waals surface area contributed by atoms with Crippen molar-refractivity contribution in [1.82, 2.24) is 30.9 Å². The number of hydrogen-bond donors (Lipinski definition) is 4. The van der Waals surface area contributed by atoms with E-state index in [2.05, 4.69) is 44.1 Å². The van der Waals surface area contributed by atoms with E-state index in [0.29, 0.717) is 12.2 Å². The van der Waals surface area contributed by atoms with Gasteiger partial charge in [-0.15, -0.1) is 34.0 Å². The van der Waals surface area contributed by atoms with Crippen molar-refractivity contribution in [2.45, 2.75) is 32.2 Å². The Balaban J connectivity index is 1.16. The number of aromatic nitrogens is 3. The van der Waals surface area contributed by atoms with Gasteiger partial charge in [-0.1, -0.05) is 6.07 Å². The highest BCUT2D eigenvalue weighted by molar-refractivity contribution is 7.16. The topological polar surface area (TPSA) is 118 Å². The lowest BCUT2D eigenvalue weighted by Gasteiger charge is -2.05. The zero-order valence-electron chi connectivity index (χ0n) is 19.6. The Labute approximate surface area is 217 Å². The molecule has 0 saturated carbocycles. The van der Waals surface area contributed by atoms with Gasteiger partial charge in [-0.3, -0.25) is 4.79 Å². The number of fused-ring (bicyclic) bond motifs is 1. The van der Waals surface area contributed by atoms with E-state index in [9.17, 15) is 4.79 Å². The van der Waals surface area contributed by atoms with Crippen molar-refractivity contribution in [2.24, 2.45) is 5.73 Å². The summed E-state index contributed by atoms with van der Waals surface area (Å²) < 4.78 is 1.22. The Kier molecular flexibility index (Phi) is 10.1. The summed E-state index contributed by atoms with van der Waals surface area (Å²) in [5.74, 6) is -0.133. The standard InChI is InChI=1S/C24H31N7OS3/c25-7-1-2-8-26-9-3-10-28-23(32)19-14-34-24(31-19)20-15-33-22(30-20)6-11-27-13-17-4-5-21-18(12-17)29-16-35-21/h4-5,12,14-16,26-27H,1-3,6-11,13,25H2,(H,28,32). The van der Waals surface area contributed by atoms with E-state index >= 15 is 0 Å². The normalized spacial score (nSPS) is 11.3. The van der Waals surface area contributed by atoms with Crippen LogP contribution in [0.5, 0.6) is 0 Å². The van der Waals surface area contributed by atoms with Crippen molar-refractivity contribution in [3.63, 3.8) is 0 Å².